The number of halogens is 2. The van der Waals surface area contributed by atoms with Gasteiger partial charge in [0.25, 0.3) is 0 Å². The van der Waals surface area contributed by atoms with Crippen LogP contribution in [0.1, 0.15) is 34.5 Å². The van der Waals surface area contributed by atoms with Crippen LogP contribution in [0.4, 0.5) is 5.82 Å². The number of hydrogen-bond donors (Lipinski definition) is 3. The first-order valence-corrected chi connectivity index (χ1v) is 13.1. The van der Waals surface area contributed by atoms with Crippen LogP contribution in [0, 0.1) is 0 Å². The van der Waals surface area contributed by atoms with E-state index in [2.05, 4.69) is 41.0 Å². The number of carbonyl (C=O) groups is 1. The monoisotopic (exact) mass is 584 g/mol. The van der Waals surface area contributed by atoms with Crippen molar-refractivity contribution in [3.8, 4) is 0 Å². The standard InChI is InChI=1S/C21H22BrClN6O5S/c1-24-35(32,33)34-18-7-14(6-17(18)30)27-21-15(8-25-11-26-21)20(31)19-16(23)10-29(28-19)9-12-3-2-4-13(22)5-12/h2-5,8,10-11,14,17-18,24,30H,6-7,9H2,1H3,(H,25,26,27)/t14-,17+,18-/m1/s1. The second kappa shape index (κ2) is 10.7. The Balaban J connectivity index is 1.50. The maximum absolute atomic E-state index is 13.3. The van der Waals surface area contributed by atoms with Crippen LogP contribution in [-0.2, 0) is 21.0 Å². The minimum atomic E-state index is -3.96. The summed E-state index contributed by atoms with van der Waals surface area (Å²) in [6.07, 6.45) is 2.63. The fraction of sp³-hybridized carbons (Fsp3) is 0.333. The number of aliphatic hydroxyl groups is 1. The summed E-state index contributed by atoms with van der Waals surface area (Å²) in [7, 11) is -2.74. The number of aromatic nitrogens is 4. The second-order valence-corrected chi connectivity index (χ2v) is 10.8. The average molecular weight is 586 g/mol. The minimum Gasteiger partial charge on any atom is -0.390 e. The van der Waals surface area contributed by atoms with Gasteiger partial charge < -0.3 is 10.4 Å². The van der Waals surface area contributed by atoms with Crippen LogP contribution in [-0.4, -0.2) is 64.4 Å². The molecule has 4 rings (SSSR count). The number of carbonyl (C=O) groups excluding carboxylic acids is 1. The number of nitrogens with zero attached hydrogens (tertiary/aromatic N) is 4. The molecule has 14 heteroatoms. The van der Waals surface area contributed by atoms with Gasteiger partial charge in [-0.25, -0.2) is 9.97 Å². The zero-order chi connectivity index (χ0) is 25.2. The lowest BCUT2D eigenvalue weighted by Gasteiger charge is -2.15. The molecule has 3 N–H and O–H groups in total. The first-order valence-electron chi connectivity index (χ1n) is 10.5. The Morgan fingerprint density at radius 1 is 1.37 bits per heavy atom. The zero-order valence-corrected chi connectivity index (χ0v) is 21.6. The Kier molecular flexibility index (Phi) is 7.83. The summed E-state index contributed by atoms with van der Waals surface area (Å²) in [4.78, 5) is 21.4. The van der Waals surface area contributed by atoms with Crippen LogP contribution < -0.4 is 10.0 Å². The Morgan fingerprint density at radius 3 is 2.91 bits per heavy atom. The van der Waals surface area contributed by atoms with Gasteiger partial charge in [0.1, 0.15) is 18.2 Å². The van der Waals surface area contributed by atoms with Crippen LogP contribution in [0.2, 0.25) is 5.02 Å². The molecule has 1 fully saturated rings. The van der Waals surface area contributed by atoms with E-state index in [0.717, 1.165) is 10.0 Å². The van der Waals surface area contributed by atoms with E-state index >= 15 is 0 Å². The number of anilines is 1. The molecule has 1 saturated carbocycles. The first-order chi connectivity index (χ1) is 16.6. The number of aliphatic hydroxyl groups excluding tert-OH is 1. The van der Waals surface area contributed by atoms with Gasteiger partial charge in [-0.1, -0.05) is 39.7 Å². The van der Waals surface area contributed by atoms with Crippen molar-refractivity contribution in [2.45, 2.75) is 37.6 Å². The average Bonchev–Trinajstić information content (AvgIpc) is 3.34. The van der Waals surface area contributed by atoms with Gasteiger partial charge in [0.05, 0.1) is 23.2 Å². The van der Waals surface area contributed by atoms with Gasteiger partial charge in [-0.15, -0.1) is 0 Å². The molecule has 3 atom stereocenters. The number of rotatable bonds is 9. The number of nitrogens with one attached hydrogen (secondary N) is 2. The lowest BCUT2D eigenvalue weighted by atomic mass is 10.1. The van der Waals surface area contributed by atoms with Gasteiger partial charge in [-0.05, 0) is 30.5 Å². The molecule has 186 valence electrons. The molecule has 1 aromatic carbocycles. The quantitative estimate of drug-likeness (QED) is 0.321. The smallest absolute Gasteiger partial charge is 0.335 e. The predicted molar refractivity (Wildman–Crippen MR) is 131 cm³/mol. The van der Waals surface area contributed by atoms with E-state index in [-0.39, 0.29) is 34.9 Å². The van der Waals surface area contributed by atoms with Crippen molar-refractivity contribution in [2.24, 2.45) is 0 Å². The summed E-state index contributed by atoms with van der Waals surface area (Å²) in [6, 6.07) is 7.30. The van der Waals surface area contributed by atoms with Crippen molar-refractivity contribution in [3.63, 3.8) is 0 Å². The Morgan fingerprint density at radius 2 is 2.17 bits per heavy atom. The topological polar surface area (TPSA) is 148 Å². The third-order valence-corrected chi connectivity index (χ3v) is 7.21. The normalized spacial score (nSPS) is 20.2. The molecule has 0 radical (unpaired) electrons. The Hall–Kier alpha value is -2.42. The second-order valence-electron chi connectivity index (χ2n) is 7.94. The van der Waals surface area contributed by atoms with Crippen LogP contribution >= 0.6 is 27.5 Å². The molecule has 0 amide bonds. The van der Waals surface area contributed by atoms with Crippen molar-refractivity contribution < 1.29 is 22.5 Å². The molecule has 35 heavy (non-hydrogen) atoms. The molecule has 0 aliphatic heterocycles. The van der Waals surface area contributed by atoms with Gasteiger partial charge in [0.15, 0.2) is 5.69 Å². The van der Waals surface area contributed by atoms with Crippen LogP contribution in [0.3, 0.4) is 0 Å². The molecule has 11 nitrogen and oxygen atoms in total. The maximum atomic E-state index is 13.3. The summed E-state index contributed by atoms with van der Waals surface area (Å²) in [6.45, 7) is 0.416. The minimum absolute atomic E-state index is 0.0484. The summed E-state index contributed by atoms with van der Waals surface area (Å²) >= 11 is 9.77. The van der Waals surface area contributed by atoms with Crippen molar-refractivity contribution in [2.75, 3.05) is 12.4 Å². The zero-order valence-electron chi connectivity index (χ0n) is 18.4. The molecular weight excluding hydrogens is 564 g/mol. The highest BCUT2D eigenvalue weighted by Crippen LogP contribution is 2.28. The molecule has 1 aliphatic carbocycles. The highest BCUT2D eigenvalue weighted by molar-refractivity contribution is 9.10. The molecule has 0 bridgehead atoms. The lowest BCUT2D eigenvalue weighted by molar-refractivity contribution is 0.0636. The third-order valence-electron chi connectivity index (χ3n) is 5.44. The van der Waals surface area contributed by atoms with Gasteiger partial charge in [0.2, 0.25) is 5.78 Å². The van der Waals surface area contributed by atoms with Gasteiger partial charge in [0, 0.05) is 30.0 Å². The summed E-state index contributed by atoms with van der Waals surface area (Å²) in [5.74, 6) is -0.257. The fourth-order valence-corrected chi connectivity index (χ4v) is 5.11. The maximum Gasteiger partial charge on any atom is 0.335 e. The number of ketones is 1. The Bertz CT molecular complexity index is 1340. The number of hydrogen-bond acceptors (Lipinski definition) is 9. The van der Waals surface area contributed by atoms with Crippen molar-refractivity contribution >= 4 is 49.4 Å². The van der Waals surface area contributed by atoms with E-state index < -0.39 is 34.3 Å². The molecule has 3 aromatic rings. The largest absolute Gasteiger partial charge is 0.390 e. The summed E-state index contributed by atoms with van der Waals surface area (Å²) in [5.41, 5.74) is 1.16. The van der Waals surface area contributed by atoms with Crippen molar-refractivity contribution in [1.82, 2.24) is 24.5 Å². The van der Waals surface area contributed by atoms with Gasteiger partial charge >= 0.3 is 10.3 Å². The van der Waals surface area contributed by atoms with E-state index in [0.29, 0.717) is 6.54 Å². The predicted octanol–water partition coefficient (Wildman–Crippen LogP) is 2.15. The SMILES string of the molecule is CNS(=O)(=O)O[C@@H]1C[C@H](Nc2ncncc2C(=O)c2nn(Cc3cccc(Br)c3)cc2Cl)C[C@@H]1O. The highest BCUT2D eigenvalue weighted by Gasteiger charge is 2.37. The lowest BCUT2D eigenvalue weighted by Crippen LogP contribution is -2.31. The Labute approximate surface area is 215 Å². The van der Waals surface area contributed by atoms with Crippen LogP contribution in [0.15, 0.2) is 47.5 Å². The van der Waals surface area contributed by atoms with E-state index in [9.17, 15) is 18.3 Å². The molecule has 0 unspecified atom stereocenters. The van der Waals surface area contributed by atoms with Crippen molar-refractivity contribution in [1.29, 1.82) is 0 Å². The van der Waals surface area contributed by atoms with E-state index in [1.807, 2.05) is 24.3 Å². The van der Waals surface area contributed by atoms with Gasteiger partial charge in [-0.3, -0.25) is 13.7 Å². The van der Waals surface area contributed by atoms with Crippen molar-refractivity contribution in [3.05, 3.63) is 69.3 Å². The van der Waals surface area contributed by atoms with E-state index in [1.54, 1.807) is 10.9 Å². The van der Waals surface area contributed by atoms with Gasteiger partial charge in [-0.2, -0.15) is 18.2 Å². The first kappa shape index (κ1) is 25.7. The number of benzene rings is 1. The molecule has 2 heterocycles. The molecule has 0 saturated heterocycles. The van der Waals surface area contributed by atoms with Crippen LogP contribution in [0.25, 0.3) is 0 Å². The molecule has 1 aliphatic rings. The highest BCUT2D eigenvalue weighted by atomic mass is 79.9. The third kappa shape index (κ3) is 6.23. The molecular formula is C21H22BrClN6O5S. The molecule has 2 aromatic heterocycles. The van der Waals surface area contributed by atoms with E-state index in [4.69, 9.17) is 15.8 Å². The fourth-order valence-electron chi connectivity index (χ4n) is 3.80. The molecule has 0 spiro atoms. The van der Waals surface area contributed by atoms with Crippen LogP contribution in [0.5, 0.6) is 0 Å². The summed E-state index contributed by atoms with van der Waals surface area (Å²) < 4.78 is 32.9. The van der Waals surface area contributed by atoms with E-state index in [1.165, 1.54) is 19.6 Å². The summed E-state index contributed by atoms with van der Waals surface area (Å²) in [5, 5.41) is 17.9.